The minimum atomic E-state index is -0.156. The van der Waals surface area contributed by atoms with Gasteiger partial charge >= 0.3 is 6.03 Å². The van der Waals surface area contributed by atoms with Gasteiger partial charge in [-0.25, -0.2) is 4.79 Å². The predicted molar refractivity (Wildman–Crippen MR) is 61.0 cm³/mol. The summed E-state index contributed by atoms with van der Waals surface area (Å²) in [5.41, 5.74) is 1.20. The van der Waals surface area contributed by atoms with Crippen LogP contribution in [0.1, 0.15) is 10.4 Å². The average Bonchev–Trinajstić information content (AvgIpc) is 2.61. The van der Waals surface area contributed by atoms with E-state index in [1.165, 1.54) is 15.3 Å². The van der Waals surface area contributed by atoms with Crippen LogP contribution in [0, 0.1) is 6.92 Å². The molecule has 1 heterocycles. The zero-order valence-electron chi connectivity index (χ0n) is 8.99. The Bertz CT molecular complexity index is 325. The van der Waals surface area contributed by atoms with Crippen molar-refractivity contribution in [3.05, 3.63) is 21.9 Å². The lowest BCUT2D eigenvalue weighted by molar-refractivity contribution is 0.190. The zero-order chi connectivity index (χ0) is 11.3. The molecule has 2 amide bonds. The van der Waals surface area contributed by atoms with Gasteiger partial charge in [0.15, 0.2) is 0 Å². The van der Waals surface area contributed by atoms with Crippen molar-refractivity contribution in [1.29, 1.82) is 0 Å². The molecule has 0 fully saturated rings. The second kappa shape index (κ2) is 5.72. The van der Waals surface area contributed by atoms with Crippen LogP contribution in [-0.2, 0) is 6.54 Å². The summed E-state index contributed by atoms with van der Waals surface area (Å²) in [6, 6.07) is 1.88. The number of thiophene rings is 1. The molecule has 0 aliphatic rings. The highest BCUT2D eigenvalue weighted by atomic mass is 32.1. The summed E-state index contributed by atoms with van der Waals surface area (Å²) in [6.45, 7) is 2.92. The molecule has 0 unspecified atom stereocenters. The van der Waals surface area contributed by atoms with E-state index in [0.29, 0.717) is 13.1 Å². The van der Waals surface area contributed by atoms with Gasteiger partial charge in [-0.3, -0.25) is 0 Å². The van der Waals surface area contributed by atoms with Gasteiger partial charge in [0.1, 0.15) is 0 Å². The maximum absolute atomic E-state index is 11.4. The summed E-state index contributed by atoms with van der Waals surface area (Å²) in [7, 11) is 1.66. The number of aliphatic hydroxyl groups excluding tert-OH is 1. The highest BCUT2D eigenvalue weighted by Gasteiger charge is 2.07. The number of urea groups is 1. The Morgan fingerprint density at radius 2 is 2.40 bits per heavy atom. The third-order valence-corrected chi connectivity index (χ3v) is 3.17. The van der Waals surface area contributed by atoms with E-state index in [1.807, 2.05) is 18.4 Å². The number of amides is 2. The van der Waals surface area contributed by atoms with E-state index >= 15 is 0 Å². The fourth-order valence-electron chi connectivity index (χ4n) is 1.13. The van der Waals surface area contributed by atoms with E-state index in [9.17, 15) is 4.79 Å². The van der Waals surface area contributed by atoms with Gasteiger partial charge in [-0.15, -0.1) is 11.3 Å². The van der Waals surface area contributed by atoms with Crippen LogP contribution in [0.2, 0.25) is 0 Å². The number of carbonyl (C=O) groups excluding carboxylic acids is 1. The van der Waals surface area contributed by atoms with Crippen LogP contribution in [0.25, 0.3) is 0 Å². The Kier molecular flexibility index (Phi) is 4.58. The van der Waals surface area contributed by atoms with Crippen molar-refractivity contribution < 1.29 is 9.90 Å². The monoisotopic (exact) mass is 228 g/mol. The van der Waals surface area contributed by atoms with Gasteiger partial charge in [0, 0.05) is 18.5 Å². The van der Waals surface area contributed by atoms with Crippen molar-refractivity contribution in [2.45, 2.75) is 13.5 Å². The van der Waals surface area contributed by atoms with E-state index in [2.05, 4.69) is 5.32 Å². The molecule has 1 aromatic rings. The molecule has 2 N–H and O–H groups in total. The molecule has 0 saturated heterocycles. The van der Waals surface area contributed by atoms with E-state index in [-0.39, 0.29) is 12.6 Å². The molecule has 0 aromatic carbocycles. The Hall–Kier alpha value is -1.07. The molecular weight excluding hydrogens is 212 g/mol. The number of aliphatic hydroxyl groups is 1. The Morgan fingerprint density at radius 3 is 2.93 bits per heavy atom. The van der Waals surface area contributed by atoms with Crippen molar-refractivity contribution in [2.24, 2.45) is 0 Å². The van der Waals surface area contributed by atoms with Gasteiger partial charge in [-0.2, -0.15) is 0 Å². The van der Waals surface area contributed by atoms with Gasteiger partial charge in [0.2, 0.25) is 0 Å². The van der Waals surface area contributed by atoms with Crippen LogP contribution >= 0.6 is 11.3 Å². The fraction of sp³-hybridized carbons (Fsp3) is 0.500. The standard InChI is InChI=1S/C10H16N2O2S/c1-8-3-6-15-9(8)7-11-10(14)12(2)4-5-13/h3,6,13H,4-5,7H2,1-2H3,(H,11,14). The molecule has 0 aliphatic carbocycles. The Morgan fingerprint density at radius 1 is 1.67 bits per heavy atom. The van der Waals surface area contributed by atoms with Crippen LogP contribution < -0.4 is 5.32 Å². The first-order chi connectivity index (χ1) is 7.15. The highest BCUT2D eigenvalue weighted by molar-refractivity contribution is 7.10. The quantitative estimate of drug-likeness (QED) is 0.813. The lowest BCUT2D eigenvalue weighted by atomic mass is 10.3. The first-order valence-electron chi connectivity index (χ1n) is 4.78. The molecule has 0 radical (unpaired) electrons. The van der Waals surface area contributed by atoms with Crippen LogP contribution in [0.4, 0.5) is 4.79 Å². The van der Waals surface area contributed by atoms with Crippen LogP contribution in [0.5, 0.6) is 0 Å². The van der Waals surface area contributed by atoms with Crippen molar-refractivity contribution in [3.8, 4) is 0 Å². The van der Waals surface area contributed by atoms with E-state index in [0.717, 1.165) is 0 Å². The minimum Gasteiger partial charge on any atom is -0.395 e. The molecule has 1 rings (SSSR count). The fourth-order valence-corrected chi connectivity index (χ4v) is 1.97. The lowest BCUT2D eigenvalue weighted by Crippen LogP contribution is -2.38. The topological polar surface area (TPSA) is 52.6 Å². The number of nitrogens with zero attached hydrogens (tertiary/aromatic N) is 1. The number of aryl methyl sites for hydroxylation is 1. The summed E-state index contributed by atoms with van der Waals surface area (Å²) >= 11 is 1.63. The van der Waals surface area contributed by atoms with Gasteiger partial charge in [-0.05, 0) is 23.9 Å². The number of carbonyl (C=O) groups is 1. The molecule has 15 heavy (non-hydrogen) atoms. The number of rotatable bonds is 4. The third kappa shape index (κ3) is 3.53. The van der Waals surface area contributed by atoms with Gasteiger partial charge in [-0.1, -0.05) is 0 Å². The SMILES string of the molecule is Cc1ccsc1CNC(=O)N(C)CCO. The number of hydrogen-bond donors (Lipinski definition) is 2. The molecule has 0 atom stereocenters. The van der Waals surface area contributed by atoms with E-state index in [1.54, 1.807) is 18.4 Å². The van der Waals surface area contributed by atoms with Gasteiger partial charge in [0.05, 0.1) is 13.2 Å². The molecule has 1 aromatic heterocycles. The molecule has 4 nitrogen and oxygen atoms in total. The van der Waals surface area contributed by atoms with Crippen molar-refractivity contribution in [2.75, 3.05) is 20.2 Å². The summed E-state index contributed by atoms with van der Waals surface area (Å²) < 4.78 is 0. The lowest BCUT2D eigenvalue weighted by Gasteiger charge is -2.16. The van der Waals surface area contributed by atoms with Crippen LogP contribution in [0.3, 0.4) is 0 Å². The summed E-state index contributed by atoms with van der Waals surface area (Å²) in [6.07, 6.45) is 0. The van der Waals surface area contributed by atoms with Crippen LogP contribution in [0.15, 0.2) is 11.4 Å². The summed E-state index contributed by atoms with van der Waals surface area (Å²) in [5, 5.41) is 13.5. The van der Waals surface area contributed by atoms with Crippen molar-refractivity contribution >= 4 is 17.4 Å². The third-order valence-electron chi connectivity index (χ3n) is 2.15. The smallest absolute Gasteiger partial charge is 0.317 e. The highest BCUT2D eigenvalue weighted by Crippen LogP contribution is 2.14. The first-order valence-corrected chi connectivity index (χ1v) is 5.66. The molecule has 0 aliphatic heterocycles. The van der Waals surface area contributed by atoms with Crippen molar-refractivity contribution in [3.63, 3.8) is 0 Å². The van der Waals surface area contributed by atoms with Gasteiger partial charge in [0.25, 0.3) is 0 Å². The van der Waals surface area contributed by atoms with E-state index in [4.69, 9.17) is 5.11 Å². The minimum absolute atomic E-state index is 0.0120. The van der Waals surface area contributed by atoms with Crippen molar-refractivity contribution in [1.82, 2.24) is 10.2 Å². The Balaban J connectivity index is 2.37. The predicted octanol–water partition coefficient (Wildman–Crippen LogP) is 1.19. The normalized spacial score (nSPS) is 10.1. The molecule has 0 bridgehead atoms. The second-order valence-electron chi connectivity index (χ2n) is 3.33. The molecular formula is C10H16N2O2S. The zero-order valence-corrected chi connectivity index (χ0v) is 9.80. The molecule has 0 spiro atoms. The maximum Gasteiger partial charge on any atom is 0.317 e. The molecule has 5 heteroatoms. The maximum atomic E-state index is 11.4. The largest absolute Gasteiger partial charge is 0.395 e. The summed E-state index contributed by atoms with van der Waals surface area (Å²) in [5.74, 6) is 0. The molecule has 84 valence electrons. The van der Waals surface area contributed by atoms with E-state index < -0.39 is 0 Å². The first kappa shape index (κ1) is 12.0. The summed E-state index contributed by atoms with van der Waals surface area (Å²) in [4.78, 5) is 14.1. The second-order valence-corrected chi connectivity index (χ2v) is 4.33. The average molecular weight is 228 g/mol. The number of likely N-dealkylation sites (N-methyl/N-ethyl adjacent to an activating group) is 1. The Labute approximate surface area is 93.5 Å². The molecule has 0 saturated carbocycles. The number of hydrogen-bond acceptors (Lipinski definition) is 3. The number of nitrogens with one attached hydrogen (secondary N) is 1. The van der Waals surface area contributed by atoms with Gasteiger partial charge < -0.3 is 15.3 Å². The van der Waals surface area contributed by atoms with Crippen LogP contribution in [-0.4, -0.2) is 36.2 Å².